The van der Waals surface area contributed by atoms with E-state index >= 15 is 0 Å². The molecule has 18 heavy (non-hydrogen) atoms. The molecule has 1 N–H and O–H groups in total. The Morgan fingerprint density at radius 3 is 2.56 bits per heavy atom. The van der Waals surface area contributed by atoms with Gasteiger partial charge in [-0.3, -0.25) is 4.79 Å². The summed E-state index contributed by atoms with van der Waals surface area (Å²) in [6.07, 6.45) is 1.43. The molecule has 0 aliphatic heterocycles. The molecule has 0 unspecified atom stereocenters. The van der Waals surface area contributed by atoms with Crippen LogP contribution in [0.1, 0.15) is 38.2 Å². The van der Waals surface area contributed by atoms with Crippen molar-refractivity contribution in [1.82, 2.24) is 14.9 Å². The molecule has 0 saturated heterocycles. The number of nitrogens with one attached hydrogen (secondary N) is 1. The Kier molecular flexibility index (Phi) is 5.55. The van der Waals surface area contributed by atoms with Crippen molar-refractivity contribution in [2.45, 2.75) is 27.7 Å². The molecule has 0 spiro atoms. The largest absolute Gasteiger partial charge is 0.370 e. The number of aromatic nitrogens is 2. The highest BCUT2D eigenvalue weighted by Gasteiger charge is 2.14. The lowest BCUT2D eigenvalue weighted by Gasteiger charge is -2.18. The van der Waals surface area contributed by atoms with Crippen molar-refractivity contribution in [3.8, 4) is 0 Å². The van der Waals surface area contributed by atoms with Gasteiger partial charge in [0.1, 0.15) is 17.8 Å². The molecule has 0 aliphatic carbocycles. The summed E-state index contributed by atoms with van der Waals surface area (Å²) in [6.45, 7) is 10.4. The maximum atomic E-state index is 12.1. The van der Waals surface area contributed by atoms with Gasteiger partial charge in [0.25, 0.3) is 5.91 Å². The summed E-state index contributed by atoms with van der Waals surface area (Å²) >= 11 is 0. The molecule has 5 nitrogen and oxygen atoms in total. The average molecular weight is 250 g/mol. The first-order chi connectivity index (χ1) is 8.58. The van der Waals surface area contributed by atoms with Gasteiger partial charge < -0.3 is 10.2 Å². The third kappa shape index (κ3) is 3.98. The van der Waals surface area contributed by atoms with Crippen LogP contribution in [0.25, 0.3) is 0 Å². The maximum Gasteiger partial charge on any atom is 0.272 e. The van der Waals surface area contributed by atoms with Crippen LogP contribution in [0.15, 0.2) is 12.4 Å². The van der Waals surface area contributed by atoms with Crippen molar-refractivity contribution in [3.63, 3.8) is 0 Å². The van der Waals surface area contributed by atoms with Crippen LogP contribution in [0, 0.1) is 5.92 Å². The van der Waals surface area contributed by atoms with Gasteiger partial charge in [0.2, 0.25) is 0 Å². The van der Waals surface area contributed by atoms with Gasteiger partial charge in [-0.2, -0.15) is 0 Å². The van der Waals surface area contributed by atoms with Crippen LogP contribution in [0.2, 0.25) is 0 Å². The van der Waals surface area contributed by atoms with E-state index in [-0.39, 0.29) is 5.91 Å². The molecule has 0 aliphatic rings. The van der Waals surface area contributed by atoms with Gasteiger partial charge in [-0.05, 0) is 19.8 Å². The molecule has 1 heterocycles. The fourth-order valence-electron chi connectivity index (χ4n) is 1.55. The van der Waals surface area contributed by atoms with Crippen LogP contribution in [0.4, 0.5) is 5.82 Å². The van der Waals surface area contributed by atoms with Crippen LogP contribution in [-0.4, -0.2) is 40.4 Å². The molecule has 5 heteroatoms. The summed E-state index contributed by atoms with van der Waals surface area (Å²) in [5.74, 6) is 1.19. The number of nitrogens with zero attached hydrogens (tertiary/aromatic N) is 3. The second-order valence-electron chi connectivity index (χ2n) is 4.54. The predicted molar refractivity (Wildman–Crippen MR) is 72.6 cm³/mol. The smallest absolute Gasteiger partial charge is 0.272 e. The van der Waals surface area contributed by atoms with Crippen LogP contribution in [0.3, 0.4) is 0 Å². The fraction of sp³-hybridized carbons (Fsp3) is 0.615. The quantitative estimate of drug-likeness (QED) is 0.839. The first-order valence-corrected chi connectivity index (χ1v) is 6.43. The number of carbonyl (C=O) groups is 1. The van der Waals surface area contributed by atoms with E-state index in [4.69, 9.17) is 0 Å². The number of amides is 1. The Morgan fingerprint density at radius 1 is 1.33 bits per heavy atom. The standard InChI is InChI=1S/C13H22N4O/c1-5-17(6-2)13(18)11-7-12(16-9-15-11)14-8-10(3)4/h7,9-10H,5-6,8H2,1-4H3,(H,14,15,16). The van der Waals surface area contributed by atoms with Crippen LogP contribution < -0.4 is 5.32 Å². The Labute approximate surface area is 109 Å². The lowest BCUT2D eigenvalue weighted by Crippen LogP contribution is -2.31. The van der Waals surface area contributed by atoms with Gasteiger partial charge in [-0.1, -0.05) is 13.8 Å². The number of rotatable bonds is 6. The van der Waals surface area contributed by atoms with E-state index in [1.165, 1.54) is 6.33 Å². The predicted octanol–water partition coefficient (Wildman–Crippen LogP) is 2.03. The van der Waals surface area contributed by atoms with E-state index in [0.29, 0.717) is 30.5 Å². The van der Waals surface area contributed by atoms with Crippen molar-refractivity contribution in [3.05, 3.63) is 18.1 Å². The molecule has 1 aromatic heterocycles. The van der Waals surface area contributed by atoms with E-state index < -0.39 is 0 Å². The molecule has 0 radical (unpaired) electrons. The van der Waals surface area contributed by atoms with Crippen molar-refractivity contribution in [2.24, 2.45) is 5.92 Å². The van der Waals surface area contributed by atoms with Gasteiger partial charge in [0.15, 0.2) is 0 Å². The van der Waals surface area contributed by atoms with Crippen molar-refractivity contribution < 1.29 is 4.79 Å². The third-order valence-electron chi connectivity index (χ3n) is 2.63. The minimum Gasteiger partial charge on any atom is -0.370 e. The van der Waals surface area contributed by atoms with Crippen LogP contribution in [0.5, 0.6) is 0 Å². The fourth-order valence-corrected chi connectivity index (χ4v) is 1.55. The molecule has 0 bridgehead atoms. The topological polar surface area (TPSA) is 58.1 Å². The molecular formula is C13H22N4O. The first kappa shape index (κ1) is 14.4. The monoisotopic (exact) mass is 250 g/mol. The highest BCUT2D eigenvalue weighted by atomic mass is 16.2. The lowest BCUT2D eigenvalue weighted by atomic mass is 10.2. The van der Waals surface area contributed by atoms with Gasteiger partial charge in [0, 0.05) is 25.7 Å². The van der Waals surface area contributed by atoms with Crippen molar-refractivity contribution >= 4 is 11.7 Å². The van der Waals surface area contributed by atoms with Gasteiger partial charge in [-0.25, -0.2) is 9.97 Å². The molecule has 0 fully saturated rings. The number of anilines is 1. The number of hydrogen-bond donors (Lipinski definition) is 1. The van der Waals surface area contributed by atoms with Crippen molar-refractivity contribution in [2.75, 3.05) is 25.0 Å². The molecular weight excluding hydrogens is 228 g/mol. The summed E-state index contributed by atoms with van der Waals surface area (Å²) in [5, 5.41) is 3.19. The van der Waals surface area contributed by atoms with Gasteiger partial charge in [0.05, 0.1) is 0 Å². The summed E-state index contributed by atoms with van der Waals surface area (Å²) < 4.78 is 0. The first-order valence-electron chi connectivity index (χ1n) is 6.43. The zero-order valence-corrected chi connectivity index (χ0v) is 11.6. The Morgan fingerprint density at radius 2 is 2.00 bits per heavy atom. The summed E-state index contributed by atoms with van der Waals surface area (Å²) in [6, 6.07) is 1.71. The Balaban J connectivity index is 2.78. The van der Waals surface area contributed by atoms with Crippen LogP contribution in [-0.2, 0) is 0 Å². The van der Waals surface area contributed by atoms with Crippen molar-refractivity contribution in [1.29, 1.82) is 0 Å². The van der Waals surface area contributed by atoms with Gasteiger partial charge in [-0.15, -0.1) is 0 Å². The second-order valence-corrected chi connectivity index (χ2v) is 4.54. The maximum absolute atomic E-state index is 12.1. The lowest BCUT2D eigenvalue weighted by molar-refractivity contribution is 0.0767. The van der Waals surface area contributed by atoms with E-state index in [1.54, 1.807) is 11.0 Å². The Hall–Kier alpha value is -1.65. The normalized spacial score (nSPS) is 10.5. The summed E-state index contributed by atoms with van der Waals surface area (Å²) in [5.41, 5.74) is 0.444. The van der Waals surface area contributed by atoms with Crippen LogP contribution >= 0.6 is 0 Å². The minimum atomic E-state index is -0.0463. The summed E-state index contributed by atoms with van der Waals surface area (Å²) in [4.78, 5) is 22.0. The summed E-state index contributed by atoms with van der Waals surface area (Å²) in [7, 11) is 0. The number of hydrogen-bond acceptors (Lipinski definition) is 4. The van der Waals surface area contributed by atoms with E-state index in [0.717, 1.165) is 6.54 Å². The SMILES string of the molecule is CCN(CC)C(=O)c1cc(NCC(C)C)ncn1. The molecule has 1 amide bonds. The van der Waals surface area contributed by atoms with Gasteiger partial charge >= 0.3 is 0 Å². The number of carbonyl (C=O) groups excluding carboxylic acids is 1. The van der Waals surface area contributed by atoms with E-state index in [2.05, 4.69) is 29.1 Å². The highest BCUT2D eigenvalue weighted by Crippen LogP contribution is 2.08. The molecule has 1 rings (SSSR count). The second kappa shape index (κ2) is 6.93. The molecule has 0 saturated carbocycles. The molecule has 0 aromatic carbocycles. The minimum absolute atomic E-state index is 0.0463. The van der Waals surface area contributed by atoms with E-state index in [1.807, 2.05) is 13.8 Å². The highest BCUT2D eigenvalue weighted by molar-refractivity contribution is 5.92. The molecule has 100 valence electrons. The zero-order chi connectivity index (χ0) is 13.5. The Bertz CT molecular complexity index is 388. The third-order valence-corrected chi connectivity index (χ3v) is 2.63. The molecule has 1 aromatic rings. The zero-order valence-electron chi connectivity index (χ0n) is 11.6. The van der Waals surface area contributed by atoms with E-state index in [9.17, 15) is 4.79 Å². The average Bonchev–Trinajstić information content (AvgIpc) is 2.38. The molecule has 0 atom stereocenters.